The number of aryl methyl sites for hydroxylation is 1. The van der Waals surface area contributed by atoms with Crippen molar-refractivity contribution in [1.82, 2.24) is 19.3 Å². The number of pyridine rings is 1. The lowest BCUT2D eigenvalue weighted by molar-refractivity contribution is 0.0712. The van der Waals surface area contributed by atoms with Crippen molar-refractivity contribution in [1.29, 1.82) is 0 Å². The number of hydrogen-bond acceptors (Lipinski definition) is 5. The number of para-hydroxylation sites is 1. The molecule has 0 bridgehead atoms. The second kappa shape index (κ2) is 9.15. The second-order valence-corrected chi connectivity index (χ2v) is 10.2. The van der Waals surface area contributed by atoms with Gasteiger partial charge < -0.3 is 14.0 Å². The predicted molar refractivity (Wildman–Crippen MR) is 138 cm³/mol. The van der Waals surface area contributed by atoms with E-state index in [0.29, 0.717) is 23.8 Å². The number of carbonyl (C=O) groups excluding carboxylic acids is 1. The van der Waals surface area contributed by atoms with Crippen LogP contribution in [0.1, 0.15) is 45.4 Å². The van der Waals surface area contributed by atoms with E-state index in [4.69, 9.17) is 9.72 Å². The smallest absolute Gasteiger partial charge is 0.253 e. The molecule has 1 aliphatic rings. The standard InChI is InChI=1S/C28H26N4O2S/c1-19-9-10-26-29-22(17-32(26)16-19)18-34-23-6-4-5-21(15-23)28(33)31-13-11-20(12-14-31)27-30-24-7-2-3-8-25(24)35-27/h2-10,15-17,20H,11-14,18H2,1H3. The Labute approximate surface area is 207 Å². The third-order valence-corrected chi connectivity index (χ3v) is 7.76. The number of piperidine rings is 1. The summed E-state index contributed by atoms with van der Waals surface area (Å²) in [6, 6.07) is 19.8. The van der Waals surface area contributed by atoms with Gasteiger partial charge in [-0.1, -0.05) is 24.3 Å². The highest BCUT2D eigenvalue weighted by molar-refractivity contribution is 7.18. The summed E-state index contributed by atoms with van der Waals surface area (Å²) >= 11 is 1.78. The van der Waals surface area contributed by atoms with Crippen LogP contribution in [0.15, 0.2) is 73.1 Å². The molecule has 0 spiro atoms. The minimum absolute atomic E-state index is 0.0569. The van der Waals surface area contributed by atoms with E-state index in [2.05, 4.69) is 30.1 Å². The fourth-order valence-corrected chi connectivity index (χ4v) is 5.81. The van der Waals surface area contributed by atoms with Crippen LogP contribution >= 0.6 is 11.3 Å². The van der Waals surface area contributed by atoms with Crippen LogP contribution in [-0.4, -0.2) is 38.3 Å². The van der Waals surface area contributed by atoms with Gasteiger partial charge >= 0.3 is 0 Å². The highest BCUT2D eigenvalue weighted by atomic mass is 32.1. The number of ether oxygens (including phenoxy) is 1. The molecule has 0 atom stereocenters. The summed E-state index contributed by atoms with van der Waals surface area (Å²) in [6.07, 6.45) is 5.91. The average Bonchev–Trinajstić information content (AvgIpc) is 3.51. The van der Waals surface area contributed by atoms with Crippen LogP contribution in [-0.2, 0) is 6.61 Å². The first-order valence-electron chi connectivity index (χ1n) is 11.9. The van der Waals surface area contributed by atoms with E-state index in [0.717, 1.165) is 42.8 Å². The highest BCUT2D eigenvalue weighted by Gasteiger charge is 2.26. The number of thiazole rings is 1. The Morgan fingerprint density at radius 2 is 1.89 bits per heavy atom. The molecule has 1 fully saturated rings. The lowest BCUT2D eigenvalue weighted by Crippen LogP contribution is -2.37. The highest BCUT2D eigenvalue weighted by Crippen LogP contribution is 2.34. The molecule has 0 unspecified atom stereocenters. The summed E-state index contributed by atoms with van der Waals surface area (Å²) in [4.78, 5) is 24.6. The molecule has 35 heavy (non-hydrogen) atoms. The molecule has 0 aliphatic carbocycles. The molecule has 0 saturated carbocycles. The van der Waals surface area contributed by atoms with Gasteiger partial charge in [0, 0.05) is 37.0 Å². The van der Waals surface area contributed by atoms with E-state index in [1.165, 1.54) is 15.3 Å². The third-order valence-electron chi connectivity index (χ3n) is 6.56. The fraction of sp³-hybridized carbons (Fsp3) is 0.250. The lowest BCUT2D eigenvalue weighted by Gasteiger charge is -2.31. The van der Waals surface area contributed by atoms with Crippen molar-refractivity contribution < 1.29 is 9.53 Å². The minimum atomic E-state index is 0.0569. The van der Waals surface area contributed by atoms with Gasteiger partial charge in [0.25, 0.3) is 5.91 Å². The van der Waals surface area contributed by atoms with E-state index in [-0.39, 0.29) is 5.91 Å². The Kier molecular flexibility index (Phi) is 5.70. The summed E-state index contributed by atoms with van der Waals surface area (Å²) in [5.41, 5.74) is 4.66. The van der Waals surface area contributed by atoms with Gasteiger partial charge in [-0.15, -0.1) is 11.3 Å². The molecule has 1 saturated heterocycles. The van der Waals surface area contributed by atoms with Gasteiger partial charge in [0.1, 0.15) is 18.0 Å². The summed E-state index contributed by atoms with van der Waals surface area (Å²) in [5, 5.41) is 1.19. The Morgan fingerprint density at radius 1 is 1.03 bits per heavy atom. The topological polar surface area (TPSA) is 59.7 Å². The van der Waals surface area contributed by atoms with Crippen molar-refractivity contribution in [2.75, 3.05) is 13.1 Å². The van der Waals surface area contributed by atoms with E-state index in [1.54, 1.807) is 11.3 Å². The van der Waals surface area contributed by atoms with E-state index in [9.17, 15) is 4.79 Å². The monoisotopic (exact) mass is 482 g/mol. The first-order valence-corrected chi connectivity index (χ1v) is 12.8. The van der Waals surface area contributed by atoms with Gasteiger partial charge in [-0.05, 0) is 61.7 Å². The van der Waals surface area contributed by atoms with Crippen molar-refractivity contribution in [3.63, 3.8) is 0 Å². The fourth-order valence-electron chi connectivity index (χ4n) is 4.68. The molecule has 5 aromatic rings. The molecule has 6 rings (SSSR count). The van der Waals surface area contributed by atoms with E-state index < -0.39 is 0 Å². The Balaban J connectivity index is 1.09. The molecule has 1 amide bonds. The predicted octanol–water partition coefficient (Wildman–Crippen LogP) is 5.85. The molecule has 2 aromatic carbocycles. The molecule has 0 N–H and O–H groups in total. The van der Waals surface area contributed by atoms with E-state index in [1.807, 2.05) is 64.2 Å². The molecule has 1 aliphatic heterocycles. The summed E-state index contributed by atoms with van der Waals surface area (Å²) in [6.45, 7) is 3.89. The van der Waals surface area contributed by atoms with Crippen LogP contribution in [0, 0.1) is 6.92 Å². The first kappa shape index (κ1) is 21.8. The number of aromatic nitrogens is 3. The van der Waals surface area contributed by atoms with Crippen LogP contribution in [0.4, 0.5) is 0 Å². The number of benzene rings is 2. The van der Waals surface area contributed by atoms with Gasteiger partial charge in [-0.3, -0.25) is 4.79 Å². The molecule has 176 valence electrons. The van der Waals surface area contributed by atoms with Crippen molar-refractivity contribution in [2.24, 2.45) is 0 Å². The molecule has 7 heteroatoms. The lowest BCUT2D eigenvalue weighted by atomic mass is 9.97. The number of hydrogen-bond donors (Lipinski definition) is 0. The maximum absolute atomic E-state index is 13.2. The number of amides is 1. The zero-order valence-electron chi connectivity index (χ0n) is 19.6. The Bertz CT molecular complexity index is 1480. The number of imidazole rings is 1. The third kappa shape index (κ3) is 4.51. The van der Waals surface area contributed by atoms with Crippen LogP contribution in [0.5, 0.6) is 5.75 Å². The van der Waals surface area contributed by atoms with Gasteiger partial charge in [-0.25, -0.2) is 9.97 Å². The number of fused-ring (bicyclic) bond motifs is 2. The number of nitrogens with zero attached hydrogens (tertiary/aromatic N) is 4. The molecule has 3 aromatic heterocycles. The van der Waals surface area contributed by atoms with Gasteiger partial charge in [0.15, 0.2) is 0 Å². The number of carbonyl (C=O) groups is 1. The Morgan fingerprint density at radius 3 is 2.74 bits per heavy atom. The normalized spacial score (nSPS) is 14.6. The van der Waals surface area contributed by atoms with Crippen LogP contribution in [0.2, 0.25) is 0 Å². The van der Waals surface area contributed by atoms with E-state index >= 15 is 0 Å². The van der Waals surface area contributed by atoms with Crippen LogP contribution in [0.25, 0.3) is 15.9 Å². The molecule has 0 radical (unpaired) electrons. The first-order chi connectivity index (χ1) is 17.1. The number of rotatable bonds is 5. The quantitative estimate of drug-likeness (QED) is 0.315. The summed E-state index contributed by atoms with van der Waals surface area (Å²) < 4.78 is 9.22. The van der Waals surface area contributed by atoms with Crippen molar-refractivity contribution in [3.05, 3.63) is 94.9 Å². The summed E-state index contributed by atoms with van der Waals surface area (Å²) in [5.74, 6) is 1.15. The zero-order chi connectivity index (χ0) is 23.8. The van der Waals surface area contributed by atoms with Crippen LogP contribution in [0.3, 0.4) is 0 Å². The Hall–Kier alpha value is -3.71. The van der Waals surface area contributed by atoms with Crippen molar-refractivity contribution >= 4 is 33.1 Å². The second-order valence-electron chi connectivity index (χ2n) is 9.11. The summed E-state index contributed by atoms with van der Waals surface area (Å²) in [7, 11) is 0. The van der Waals surface area contributed by atoms with Crippen molar-refractivity contribution in [3.8, 4) is 5.75 Å². The maximum atomic E-state index is 13.2. The minimum Gasteiger partial charge on any atom is -0.487 e. The number of likely N-dealkylation sites (tertiary alicyclic amines) is 1. The molecule has 6 nitrogen and oxygen atoms in total. The molecule has 4 heterocycles. The molecular weight excluding hydrogens is 456 g/mol. The largest absolute Gasteiger partial charge is 0.487 e. The van der Waals surface area contributed by atoms with Crippen LogP contribution < -0.4 is 4.74 Å². The maximum Gasteiger partial charge on any atom is 0.253 e. The van der Waals surface area contributed by atoms with Gasteiger partial charge in [0.2, 0.25) is 0 Å². The van der Waals surface area contributed by atoms with Crippen molar-refractivity contribution in [2.45, 2.75) is 32.3 Å². The van der Waals surface area contributed by atoms with Gasteiger partial charge in [-0.2, -0.15) is 0 Å². The van der Waals surface area contributed by atoms with Gasteiger partial charge in [0.05, 0.1) is 20.9 Å². The zero-order valence-corrected chi connectivity index (χ0v) is 20.4. The SMILES string of the molecule is Cc1ccc2nc(COc3cccc(C(=O)N4CCC(c5nc6ccccc6s5)CC4)c3)cn2c1. The average molecular weight is 483 g/mol. The molecular formula is C28H26N4O2S.